The van der Waals surface area contributed by atoms with Crippen molar-refractivity contribution in [2.24, 2.45) is 0 Å². The Morgan fingerprint density at radius 2 is 1.74 bits per heavy atom. The molecule has 0 aliphatic rings. The van der Waals surface area contributed by atoms with E-state index in [0.29, 0.717) is 0 Å². The molecule has 1 N–H and O–H groups in total. The first kappa shape index (κ1) is 16.4. The Labute approximate surface area is 132 Å². The van der Waals surface area contributed by atoms with Gasteiger partial charge < -0.3 is 5.32 Å². The maximum absolute atomic E-state index is 13.6. The Morgan fingerprint density at radius 1 is 1.13 bits per heavy atom. The molecule has 0 aromatic heterocycles. The summed E-state index contributed by atoms with van der Waals surface area (Å²) in [6.45, 7) is 1.76. The number of carbonyl (C=O) groups excluding carboxylic acids is 1. The van der Waals surface area contributed by atoms with Crippen molar-refractivity contribution in [3.05, 3.63) is 76.9 Å². The molecule has 1 amide bonds. The van der Waals surface area contributed by atoms with Crippen LogP contribution in [0.25, 0.3) is 6.08 Å². The van der Waals surface area contributed by atoms with Crippen molar-refractivity contribution in [3.63, 3.8) is 0 Å². The van der Waals surface area contributed by atoms with Crippen LogP contribution in [0.1, 0.15) is 24.1 Å². The van der Waals surface area contributed by atoms with Crippen LogP contribution < -0.4 is 5.32 Å². The smallest absolute Gasteiger partial charge is 0.262 e. The number of nitrogens with one attached hydrogen (secondary N) is 1. The number of hydrogen-bond donors (Lipinski definition) is 1. The van der Waals surface area contributed by atoms with Gasteiger partial charge in [-0.3, -0.25) is 4.79 Å². The summed E-state index contributed by atoms with van der Waals surface area (Å²) in [4.78, 5) is 12.1. The minimum Gasteiger partial charge on any atom is -0.345 e. The fraction of sp³-hybridized carbons (Fsp3) is 0.111. The fourth-order valence-corrected chi connectivity index (χ4v) is 2.04. The molecule has 23 heavy (non-hydrogen) atoms. The van der Waals surface area contributed by atoms with Gasteiger partial charge in [0.05, 0.1) is 6.04 Å². The summed E-state index contributed by atoms with van der Waals surface area (Å²) in [5.74, 6) is -2.35. The lowest BCUT2D eigenvalue weighted by Crippen LogP contribution is -2.27. The van der Waals surface area contributed by atoms with Crippen molar-refractivity contribution in [3.8, 4) is 6.07 Å². The second-order valence-electron chi connectivity index (χ2n) is 4.91. The van der Waals surface area contributed by atoms with E-state index in [-0.39, 0.29) is 11.6 Å². The highest BCUT2D eigenvalue weighted by Gasteiger charge is 2.15. The van der Waals surface area contributed by atoms with E-state index in [9.17, 15) is 13.6 Å². The van der Waals surface area contributed by atoms with Gasteiger partial charge in [-0.05, 0) is 30.7 Å². The van der Waals surface area contributed by atoms with Gasteiger partial charge in [0.1, 0.15) is 23.3 Å². The molecule has 0 fully saturated rings. The molecule has 3 nitrogen and oxygen atoms in total. The van der Waals surface area contributed by atoms with E-state index < -0.39 is 23.1 Å². The van der Waals surface area contributed by atoms with Crippen LogP contribution in [0.4, 0.5) is 8.78 Å². The molecule has 5 heteroatoms. The highest BCUT2D eigenvalue weighted by atomic mass is 19.1. The van der Waals surface area contributed by atoms with E-state index in [4.69, 9.17) is 5.26 Å². The second-order valence-corrected chi connectivity index (χ2v) is 4.91. The quantitative estimate of drug-likeness (QED) is 0.690. The second kappa shape index (κ2) is 7.32. The van der Waals surface area contributed by atoms with Crippen LogP contribution in [-0.4, -0.2) is 5.91 Å². The monoisotopic (exact) mass is 312 g/mol. The minimum absolute atomic E-state index is 0.342. The van der Waals surface area contributed by atoms with Gasteiger partial charge in [0, 0.05) is 5.56 Å². The number of hydrogen-bond acceptors (Lipinski definition) is 2. The molecule has 0 spiro atoms. The number of nitriles is 1. The van der Waals surface area contributed by atoms with Crippen molar-refractivity contribution < 1.29 is 13.6 Å². The van der Waals surface area contributed by atoms with Gasteiger partial charge in [0.15, 0.2) is 0 Å². The number of halogens is 2. The van der Waals surface area contributed by atoms with E-state index in [1.165, 1.54) is 6.07 Å². The zero-order chi connectivity index (χ0) is 16.8. The van der Waals surface area contributed by atoms with Crippen LogP contribution >= 0.6 is 0 Å². The average molecular weight is 312 g/mol. The molecule has 0 bridgehead atoms. The van der Waals surface area contributed by atoms with E-state index in [1.807, 2.05) is 30.3 Å². The molecule has 2 rings (SSSR count). The minimum atomic E-state index is -0.832. The van der Waals surface area contributed by atoms with Crippen molar-refractivity contribution >= 4 is 12.0 Å². The van der Waals surface area contributed by atoms with Gasteiger partial charge >= 0.3 is 0 Å². The number of carbonyl (C=O) groups is 1. The van der Waals surface area contributed by atoms with Crippen LogP contribution in [0.15, 0.2) is 54.1 Å². The summed E-state index contributed by atoms with van der Waals surface area (Å²) in [6, 6.07) is 13.8. The van der Waals surface area contributed by atoms with Gasteiger partial charge in [-0.15, -0.1) is 0 Å². The summed E-state index contributed by atoms with van der Waals surface area (Å²) in [5, 5.41) is 11.7. The lowest BCUT2D eigenvalue weighted by Gasteiger charge is -2.13. The third-order valence-electron chi connectivity index (χ3n) is 3.30. The Kier molecular flexibility index (Phi) is 5.21. The number of benzene rings is 2. The molecule has 0 saturated heterocycles. The van der Waals surface area contributed by atoms with Crippen LogP contribution in [-0.2, 0) is 4.79 Å². The van der Waals surface area contributed by atoms with Gasteiger partial charge in [-0.1, -0.05) is 36.4 Å². The largest absolute Gasteiger partial charge is 0.345 e. The first-order valence-electron chi connectivity index (χ1n) is 6.94. The first-order chi connectivity index (χ1) is 11.0. The van der Waals surface area contributed by atoms with Crippen LogP contribution in [0.2, 0.25) is 0 Å². The Hall–Kier alpha value is -3.00. The summed E-state index contributed by atoms with van der Waals surface area (Å²) in [6.07, 6.45) is 0.914. The van der Waals surface area contributed by atoms with Crippen molar-refractivity contribution in [2.75, 3.05) is 0 Å². The first-order valence-corrected chi connectivity index (χ1v) is 6.94. The zero-order valence-electron chi connectivity index (χ0n) is 12.4. The molecule has 1 atom stereocenters. The Balaban J connectivity index is 2.23. The molecule has 0 aliphatic carbocycles. The summed E-state index contributed by atoms with van der Waals surface area (Å²) in [7, 11) is 0. The third kappa shape index (κ3) is 4.01. The molecule has 2 aromatic rings. The number of amides is 1. The maximum Gasteiger partial charge on any atom is 0.262 e. The van der Waals surface area contributed by atoms with E-state index in [0.717, 1.165) is 23.8 Å². The summed E-state index contributed by atoms with van der Waals surface area (Å²) >= 11 is 0. The molecule has 0 unspecified atom stereocenters. The van der Waals surface area contributed by atoms with Gasteiger partial charge in [-0.2, -0.15) is 5.26 Å². The van der Waals surface area contributed by atoms with Crippen LogP contribution in [0.5, 0.6) is 0 Å². The standard InChI is InChI=1S/C18H14F2N2O/c1-12(13-6-3-2-4-7-13)22-18(23)14(11-21)10-15-16(19)8-5-9-17(15)20/h2-10,12H,1H3,(H,22,23)/b14-10+/t12-/m1/s1. The maximum atomic E-state index is 13.6. The zero-order valence-corrected chi connectivity index (χ0v) is 12.4. The van der Waals surface area contributed by atoms with Crippen molar-refractivity contribution in [2.45, 2.75) is 13.0 Å². The predicted octanol–water partition coefficient (Wildman–Crippen LogP) is 3.75. The van der Waals surface area contributed by atoms with Crippen LogP contribution in [0.3, 0.4) is 0 Å². The van der Waals surface area contributed by atoms with Crippen LogP contribution in [0, 0.1) is 23.0 Å². The Bertz CT molecular complexity index is 759. The SMILES string of the molecule is C[C@@H](NC(=O)/C(C#N)=C/c1c(F)cccc1F)c1ccccc1. The summed E-state index contributed by atoms with van der Waals surface area (Å²) < 4.78 is 27.2. The highest BCUT2D eigenvalue weighted by molar-refractivity contribution is 6.01. The third-order valence-corrected chi connectivity index (χ3v) is 3.30. The highest BCUT2D eigenvalue weighted by Crippen LogP contribution is 2.17. The predicted molar refractivity (Wildman–Crippen MR) is 82.9 cm³/mol. The molecule has 0 heterocycles. The normalized spacial score (nSPS) is 12.3. The van der Waals surface area contributed by atoms with Crippen molar-refractivity contribution in [1.29, 1.82) is 5.26 Å². The Morgan fingerprint density at radius 3 is 2.30 bits per heavy atom. The van der Waals surface area contributed by atoms with E-state index in [2.05, 4.69) is 5.32 Å². The number of rotatable bonds is 4. The lowest BCUT2D eigenvalue weighted by atomic mass is 10.1. The molecule has 0 radical (unpaired) electrons. The average Bonchev–Trinajstić information content (AvgIpc) is 2.55. The van der Waals surface area contributed by atoms with Gasteiger partial charge in [-0.25, -0.2) is 8.78 Å². The number of nitrogens with zero attached hydrogens (tertiary/aromatic N) is 1. The molecule has 0 saturated carbocycles. The molecule has 116 valence electrons. The molecular formula is C18H14F2N2O. The van der Waals surface area contributed by atoms with E-state index >= 15 is 0 Å². The molecule has 2 aromatic carbocycles. The van der Waals surface area contributed by atoms with Gasteiger partial charge in [0.25, 0.3) is 5.91 Å². The molecule has 0 aliphatic heterocycles. The van der Waals surface area contributed by atoms with Gasteiger partial charge in [0.2, 0.25) is 0 Å². The van der Waals surface area contributed by atoms with Crippen molar-refractivity contribution in [1.82, 2.24) is 5.32 Å². The van der Waals surface area contributed by atoms with E-state index in [1.54, 1.807) is 13.0 Å². The molecular weight excluding hydrogens is 298 g/mol. The fourth-order valence-electron chi connectivity index (χ4n) is 2.04. The lowest BCUT2D eigenvalue weighted by molar-refractivity contribution is -0.117. The topological polar surface area (TPSA) is 52.9 Å². The summed E-state index contributed by atoms with van der Waals surface area (Å²) in [5.41, 5.74) is 0.0820.